The van der Waals surface area contributed by atoms with Gasteiger partial charge in [0.15, 0.2) is 0 Å². The lowest BCUT2D eigenvalue weighted by Gasteiger charge is -2.22. The Bertz CT molecular complexity index is 4150. The summed E-state index contributed by atoms with van der Waals surface area (Å²) in [6.45, 7) is 9.50. The highest BCUT2D eigenvalue weighted by Crippen LogP contribution is 2.52. The number of para-hydroxylation sites is 3. The van der Waals surface area contributed by atoms with Crippen molar-refractivity contribution in [1.29, 1.82) is 0 Å². The second-order valence-corrected chi connectivity index (χ2v) is 20.6. The molecule has 0 atom stereocenters. The highest BCUT2D eigenvalue weighted by molar-refractivity contribution is 6.12. The van der Waals surface area contributed by atoms with Gasteiger partial charge in [0.05, 0.1) is 22.1 Å². The monoisotopic (exact) mass is 894 g/mol. The molecular formula is C68H50N2. The van der Waals surface area contributed by atoms with Crippen molar-refractivity contribution in [3.8, 4) is 55.9 Å². The summed E-state index contributed by atoms with van der Waals surface area (Å²) in [6.07, 6.45) is 4.51. The van der Waals surface area contributed by atoms with E-state index in [0.29, 0.717) is 0 Å². The first-order valence-electron chi connectivity index (χ1n) is 24.7. The van der Waals surface area contributed by atoms with E-state index in [-0.39, 0.29) is 10.8 Å². The average Bonchev–Trinajstić information content (AvgIpc) is 4.06. The Morgan fingerprint density at radius 3 is 1.43 bits per heavy atom. The molecule has 0 N–H and O–H groups in total. The molecule has 0 aliphatic heterocycles. The van der Waals surface area contributed by atoms with Gasteiger partial charge >= 0.3 is 0 Å². The molecule has 0 fully saturated rings. The molecule has 12 aromatic rings. The zero-order valence-electron chi connectivity index (χ0n) is 39.8. The maximum atomic E-state index is 2.46. The van der Waals surface area contributed by atoms with Crippen molar-refractivity contribution in [3.63, 3.8) is 0 Å². The van der Waals surface area contributed by atoms with Crippen molar-refractivity contribution in [2.45, 2.75) is 38.5 Å². The van der Waals surface area contributed by atoms with E-state index in [0.717, 1.165) is 0 Å². The molecule has 2 aliphatic carbocycles. The molecule has 70 heavy (non-hydrogen) atoms. The molecule has 2 aromatic heterocycles. The van der Waals surface area contributed by atoms with Crippen LogP contribution in [0.2, 0.25) is 0 Å². The van der Waals surface area contributed by atoms with Crippen LogP contribution in [0.25, 0.3) is 112 Å². The standard InChI is InChI=1S/C68H50N2/c1-67(2)59-19-11-8-16-51(59)54-35-32-50(42-62(54)67)70-64-21-13-10-18-56(64)58-40-47(31-37-66(58)70)48-29-34-53-52-33-26-44(38-60(52)68(3,4)61(53)41-48)23-22-43-24-27-45(28-25-43)46-30-36-65-57(39-46)55-17-9-12-20-63(55)69(65)49-14-6-5-7-15-49/h5-42H,1-4H3. The summed E-state index contributed by atoms with van der Waals surface area (Å²) >= 11 is 0. The third-order valence-electron chi connectivity index (χ3n) is 15.9. The van der Waals surface area contributed by atoms with Crippen LogP contribution < -0.4 is 0 Å². The predicted octanol–water partition coefficient (Wildman–Crippen LogP) is 18.0. The quantitative estimate of drug-likeness (QED) is 0.147. The van der Waals surface area contributed by atoms with Crippen LogP contribution in [0.15, 0.2) is 218 Å². The van der Waals surface area contributed by atoms with Crippen LogP contribution in [-0.2, 0) is 10.8 Å². The third kappa shape index (κ3) is 5.99. The lowest BCUT2D eigenvalue weighted by atomic mass is 9.81. The number of rotatable bonds is 6. The minimum absolute atomic E-state index is 0.0623. The molecule has 2 nitrogen and oxygen atoms in total. The van der Waals surface area contributed by atoms with Gasteiger partial charge in [-0.3, -0.25) is 0 Å². The van der Waals surface area contributed by atoms with Crippen molar-refractivity contribution in [3.05, 3.63) is 252 Å². The third-order valence-corrected chi connectivity index (χ3v) is 15.9. The van der Waals surface area contributed by atoms with Crippen LogP contribution in [0.5, 0.6) is 0 Å². The minimum Gasteiger partial charge on any atom is -0.309 e. The van der Waals surface area contributed by atoms with Crippen LogP contribution in [0.1, 0.15) is 61.1 Å². The average molecular weight is 895 g/mol. The minimum atomic E-state index is -0.151. The molecule has 14 rings (SSSR count). The normalized spacial score (nSPS) is 14.2. The van der Waals surface area contributed by atoms with E-state index in [2.05, 4.69) is 267 Å². The Morgan fingerprint density at radius 2 is 0.729 bits per heavy atom. The Balaban J connectivity index is 0.745. The van der Waals surface area contributed by atoms with E-state index >= 15 is 0 Å². The van der Waals surface area contributed by atoms with Crippen LogP contribution in [0.4, 0.5) is 0 Å². The summed E-state index contributed by atoms with van der Waals surface area (Å²) < 4.78 is 4.83. The molecule has 332 valence electrons. The molecule has 2 aliphatic rings. The fraction of sp³-hybridized carbons (Fsp3) is 0.0882. The van der Waals surface area contributed by atoms with Crippen molar-refractivity contribution < 1.29 is 0 Å². The number of benzene rings is 10. The molecule has 0 unspecified atom stereocenters. The molecule has 0 radical (unpaired) electrons. The molecule has 0 bridgehead atoms. The Labute approximate surface area is 409 Å². The largest absolute Gasteiger partial charge is 0.309 e. The number of nitrogens with zero attached hydrogens (tertiary/aromatic N) is 2. The van der Waals surface area contributed by atoms with Gasteiger partial charge in [0, 0.05) is 43.7 Å². The fourth-order valence-corrected chi connectivity index (χ4v) is 12.3. The Hall–Kier alpha value is -8.46. The van der Waals surface area contributed by atoms with Crippen LogP contribution in [-0.4, -0.2) is 9.13 Å². The first kappa shape index (κ1) is 40.6. The van der Waals surface area contributed by atoms with Gasteiger partial charge in [-0.15, -0.1) is 0 Å². The fourth-order valence-electron chi connectivity index (χ4n) is 12.3. The van der Waals surface area contributed by atoms with Crippen molar-refractivity contribution in [2.24, 2.45) is 0 Å². The van der Waals surface area contributed by atoms with Crippen LogP contribution in [0.3, 0.4) is 0 Å². The summed E-state index contributed by atoms with van der Waals surface area (Å²) in [6, 6.07) is 81.3. The predicted molar refractivity (Wildman–Crippen MR) is 296 cm³/mol. The summed E-state index contributed by atoms with van der Waals surface area (Å²) in [4.78, 5) is 0. The highest BCUT2D eigenvalue weighted by Gasteiger charge is 2.37. The zero-order valence-corrected chi connectivity index (χ0v) is 39.8. The van der Waals surface area contributed by atoms with Crippen LogP contribution in [0, 0.1) is 0 Å². The first-order valence-corrected chi connectivity index (χ1v) is 24.7. The molecular weight excluding hydrogens is 845 g/mol. The summed E-state index contributed by atoms with van der Waals surface area (Å²) in [5, 5.41) is 5.08. The van der Waals surface area contributed by atoms with Gasteiger partial charge in [0.2, 0.25) is 0 Å². The molecule has 0 amide bonds. The molecule has 0 spiro atoms. The van der Waals surface area contributed by atoms with Crippen molar-refractivity contribution in [1.82, 2.24) is 9.13 Å². The summed E-state index contributed by atoms with van der Waals surface area (Å²) in [7, 11) is 0. The maximum Gasteiger partial charge on any atom is 0.0541 e. The number of hydrogen-bond donors (Lipinski definition) is 0. The van der Waals surface area contributed by atoms with Gasteiger partial charge in [-0.25, -0.2) is 0 Å². The SMILES string of the molecule is CC1(C)c2cc(C=Cc3ccc(-c4ccc5c(c4)c4ccccc4n5-c4ccccc4)cc3)ccc2-c2ccc(-c3ccc4c(c3)c3ccccc3n4-c3ccc4c(c3)C(C)(C)c3ccccc3-4)cc21. The van der Waals surface area contributed by atoms with Gasteiger partial charge in [-0.2, -0.15) is 0 Å². The van der Waals surface area contributed by atoms with Gasteiger partial charge in [-0.05, 0) is 145 Å². The van der Waals surface area contributed by atoms with E-state index in [1.54, 1.807) is 0 Å². The lowest BCUT2D eigenvalue weighted by Crippen LogP contribution is -2.15. The molecule has 10 aromatic carbocycles. The lowest BCUT2D eigenvalue weighted by molar-refractivity contribution is 0.660. The second kappa shape index (κ2) is 15.0. The van der Waals surface area contributed by atoms with Gasteiger partial charge in [0.25, 0.3) is 0 Å². The first-order chi connectivity index (χ1) is 34.2. The number of hydrogen-bond acceptors (Lipinski definition) is 0. The molecule has 0 saturated carbocycles. The highest BCUT2D eigenvalue weighted by atomic mass is 15.0. The topological polar surface area (TPSA) is 9.86 Å². The van der Waals surface area contributed by atoms with E-state index in [9.17, 15) is 0 Å². The zero-order chi connectivity index (χ0) is 46.9. The van der Waals surface area contributed by atoms with Crippen LogP contribution >= 0.6 is 0 Å². The second-order valence-electron chi connectivity index (χ2n) is 20.6. The summed E-state index contributed by atoms with van der Waals surface area (Å²) in [5.41, 5.74) is 25.3. The van der Waals surface area contributed by atoms with Crippen molar-refractivity contribution >= 4 is 55.8 Å². The van der Waals surface area contributed by atoms with E-state index in [1.807, 2.05) is 0 Å². The van der Waals surface area contributed by atoms with E-state index in [4.69, 9.17) is 0 Å². The van der Waals surface area contributed by atoms with E-state index < -0.39 is 0 Å². The van der Waals surface area contributed by atoms with Gasteiger partial charge in [0.1, 0.15) is 0 Å². The number of aromatic nitrogens is 2. The van der Waals surface area contributed by atoms with Gasteiger partial charge < -0.3 is 9.13 Å². The maximum absolute atomic E-state index is 2.46. The smallest absolute Gasteiger partial charge is 0.0541 e. The van der Waals surface area contributed by atoms with Gasteiger partial charge in [-0.1, -0.05) is 192 Å². The molecule has 0 saturated heterocycles. The molecule has 2 heterocycles. The Morgan fingerprint density at radius 1 is 0.286 bits per heavy atom. The van der Waals surface area contributed by atoms with E-state index in [1.165, 1.54) is 133 Å². The Kier molecular flexibility index (Phi) is 8.71. The van der Waals surface area contributed by atoms with Crippen molar-refractivity contribution in [2.75, 3.05) is 0 Å². The number of fused-ring (bicyclic) bond motifs is 12. The summed E-state index contributed by atoms with van der Waals surface area (Å²) in [5.74, 6) is 0. The molecule has 2 heteroatoms.